The molecule has 2 aromatic heterocycles. The van der Waals surface area contributed by atoms with Gasteiger partial charge in [0.2, 0.25) is 5.88 Å². The zero-order valence-electron chi connectivity index (χ0n) is 16.8. The van der Waals surface area contributed by atoms with Crippen LogP contribution in [0, 0.1) is 6.92 Å². The Bertz CT molecular complexity index is 1010. The van der Waals surface area contributed by atoms with Crippen LogP contribution in [0.5, 0.6) is 5.88 Å². The van der Waals surface area contributed by atoms with E-state index in [9.17, 15) is 13.2 Å². The van der Waals surface area contributed by atoms with Gasteiger partial charge in [0.15, 0.2) is 12.6 Å². The van der Waals surface area contributed by atoms with Crippen molar-refractivity contribution in [2.24, 2.45) is 4.99 Å². The van der Waals surface area contributed by atoms with Crippen LogP contribution >= 0.6 is 0 Å². The maximum atomic E-state index is 12.3. The first kappa shape index (κ1) is 21.5. The Balaban J connectivity index is 1.49. The molecule has 0 radical (unpaired) electrons. The summed E-state index contributed by atoms with van der Waals surface area (Å²) in [6, 6.07) is 9.50. The Labute approximate surface area is 172 Å². The fourth-order valence-corrected chi connectivity index (χ4v) is 3.02. The van der Waals surface area contributed by atoms with E-state index < -0.39 is 12.8 Å². The average molecular weight is 419 g/mol. The molecule has 0 amide bonds. The van der Waals surface area contributed by atoms with Crippen molar-refractivity contribution in [2.45, 2.75) is 26.1 Å². The molecule has 2 heterocycles. The Morgan fingerprint density at radius 1 is 1.20 bits per heavy atom. The van der Waals surface area contributed by atoms with Crippen LogP contribution in [0.1, 0.15) is 16.7 Å². The molecular weight excluding hydrogens is 395 g/mol. The van der Waals surface area contributed by atoms with Crippen molar-refractivity contribution in [1.82, 2.24) is 20.6 Å². The zero-order valence-corrected chi connectivity index (χ0v) is 16.8. The minimum atomic E-state index is -4.40. The number of halogens is 3. The first-order valence-electron chi connectivity index (χ1n) is 9.49. The number of nitrogens with one attached hydrogen (secondary N) is 3. The van der Waals surface area contributed by atoms with Crippen LogP contribution in [-0.2, 0) is 13.0 Å². The lowest BCUT2D eigenvalue weighted by Crippen LogP contribution is -2.37. The molecule has 6 nitrogen and oxygen atoms in total. The number of H-pyrrole nitrogens is 1. The molecule has 0 atom stereocenters. The number of aliphatic imine (C=N–C) groups is 1. The van der Waals surface area contributed by atoms with Gasteiger partial charge in [0.25, 0.3) is 0 Å². The monoisotopic (exact) mass is 419 g/mol. The number of pyridine rings is 1. The van der Waals surface area contributed by atoms with E-state index in [-0.39, 0.29) is 5.88 Å². The summed E-state index contributed by atoms with van der Waals surface area (Å²) in [4.78, 5) is 11.3. The quantitative estimate of drug-likeness (QED) is 0.403. The summed E-state index contributed by atoms with van der Waals surface area (Å²) in [5.41, 5.74) is 4.28. The maximum Gasteiger partial charge on any atom is 0.422 e. The van der Waals surface area contributed by atoms with Gasteiger partial charge in [-0.1, -0.05) is 12.1 Å². The number of hydrogen-bond acceptors (Lipinski definition) is 3. The van der Waals surface area contributed by atoms with Gasteiger partial charge in [-0.25, -0.2) is 4.98 Å². The molecule has 0 bridgehead atoms. The molecule has 1 aromatic carbocycles. The number of fused-ring (bicyclic) bond motifs is 1. The second kappa shape index (κ2) is 9.51. The van der Waals surface area contributed by atoms with Crippen molar-refractivity contribution in [2.75, 3.05) is 20.2 Å². The first-order valence-corrected chi connectivity index (χ1v) is 9.49. The molecule has 0 aliphatic heterocycles. The molecule has 160 valence electrons. The SMILES string of the molecule is CN=C(NCCc1c[nH]c2cc(C)ccc12)NCc1ccnc(OCC(F)(F)F)c1. The Morgan fingerprint density at radius 2 is 2.03 bits per heavy atom. The molecule has 9 heteroatoms. The van der Waals surface area contributed by atoms with E-state index in [4.69, 9.17) is 0 Å². The van der Waals surface area contributed by atoms with E-state index in [1.165, 1.54) is 28.8 Å². The third-order valence-corrected chi connectivity index (χ3v) is 4.48. The lowest BCUT2D eigenvalue weighted by molar-refractivity contribution is -0.154. The molecule has 3 rings (SSSR count). The first-order chi connectivity index (χ1) is 14.3. The lowest BCUT2D eigenvalue weighted by atomic mass is 10.1. The smallest absolute Gasteiger partial charge is 0.422 e. The highest BCUT2D eigenvalue weighted by atomic mass is 19.4. The van der Waals surface area contributed by atoms with Crippen molar-refractivity contribution >= 4 is 16.9 Å². The molecule has 0 saturated heterocycles. The van der Waals surface area contributed by atoms with E-state index in [1.54, 1.807) is 13.1 Å². The molecule has 0 fully saturated rings. The summed E-state index contributed by atoms with van der Waals surface area (Å²) in [6.45, 7) is 1.74. The second-order valence-electron chi connectivity index (χ2n) is 6.87. The van der Waals surface area contributed by atoms with Crippen LogP contribution in [0.3, 0.4) is 0 Å². The molecule has 30 heavy (non-hydrogen) atoms. The number of ether oxygens (including phenoxy) is 1. The number of aromatic amines is 1. The number of aryl methyl sites for hydroxylation is 1. The van der Waals surface area contributed by atoms with Gasteiger partial charge in [-0.2, -0.15) is 13.2 Å². The third-order valence-electron chi connectivity index (χ3n) is 4.48. The predicted octanol–water partition coefficient (Wildman–Crippen LogP) is 3.72. The fraction of sp³-hybridized carbons (Fsp3) is 0.333. The van der Waals surface area contributed by atoms with Crippen LogP contribution in [0.2, 0.25) is 0 Å². The summed E-state index contributed by atoms with van der Waals surface area (Å²) in [6.07, 6.45) is -0.154. The number of rotatable bonds is 7. The third kappa shape index (κ3) is 6.13. The van der Waals surface area contributed by atoms with Gasteiger partial charge >= 0.3 is 6.18 Å². The zero-order chi connectivity index (χ0) is 21.6. The molecule has 0 unspecified atom stereocenters. The summed E-state index contributed by atoms with van der Waals surface area (Å²) in [5, 5.41) is 7.58. The standard InChI is InChI=1S/C21H24F3N5O/c1-14-3-4-17-16(12-28-18(17)9-14)6-8-27-20(25-2)29-11-15-5-7-26-19(10-15)30-13-21(22,23)24/h3-5,7,9-10,12,28H,6,8,11,13H2,1-2H3,(H2,25,27,29). The van der Waals surface area contributed by atoms with Gasteiger partial charge < -0.3 is 20.4 Å². The Hall–Kier alpha value is -3.23. The largest absolute Gasteiger partial charge is 0.468 e. The van der Waals surface area contributed by atoms with Crippen LogP contribution in [-0.4, -0.2) is 42.3 Å². The van der Waals surface area contributed by atoms with Crippen LogP contribution in [0.25, 0.3) is 10.9 Å². The van der Waals surface area contributed by atoms with Crippen molar-refractivity contribution < 1.29 is 17.9 Å². The molecule has 0 saturated carbocycles. The Morgan fingerprint density at radius 3 is 2.80 bits per heavy atom. The van der Waals surface area contributed by atoms with Crippen molar-refractivity contribution in [3.8, 4) is 5.88 Å². The van der Waals surface area contributed by atoms with Crippen LogP contribution in [0.4, 0.5) is 13.2 Å². The van der Waals surface area contributed by atoms with Gasteiger partial charge in [0.05, 0.1) is 0 Å². The molecule has 3 aromatic rings. The number of aromatic nitrogens is 2. The highest BCUT2D eigenvalue weighted by Gasteiger charge is 2.28. The summed E-state index contributed by atoms with van der Waals surface area (Å²) in [5.74, 6) is 0.532. The maximum absolute atomic E-state index is 12.3. The highest BCUT2D eigenvalue weighted by molar-refractivity contribution is 5.84. The van der Waals surface area contributed by atoms with Gasteiger partial charge in [-0.3, -0.25) is 4.99 Å². The van der Waals surface area contributed by atoms with Crippen molar-refractivity contribution in [1.29, 1.82) is 0 Å². The summed E-state index contributed by atoms with van der Waals surface area (Å²) in [7, 11) is 1.66. The van der Waals surface area contributed by atoms with E-state index in [0.29, 0.717) is 19.0 Å². The minimum absolute atomic E-state index is 0.0656. The Kier molecular flexibility index (Phi) is 6.81. The predicted molar refractivity (Wildman–Crippen MR) is 111 cm³/mol. The van der Waals surface area contributed by atoms with Crippen LogP contribution in [0.15, 0.2) is 47.7 Å². The molecule has 3 N–H and O–H groups in total. The normalized spacial score (nSPS) is 12.2. The van der Waals surface area contributed by atoms with Crippen LogP contribution < -0.4 is 15.4 Å². The lowest BCUT2D eigenvalue weighted by Gasteiger charge is -2.13. The van der Waals surface area contributed by atoms with E-state index >= 15 is 0 Å². The average Bonchev–Trinajstić information content (AvgIpc) is 3.10. The molecular formula is C21H24F3N5O. The van der Waals surface area contributed by atoms with Gasteiger partial charge in [0, 0.05) is 49.5 Å². The van der Waals surface area contributed by atoms with E-state index in [1.807, 2.05) is 6.20 Å². The number of alkyl halides is 3. The summed E-state index contributed by atoms with van der Waals surface area (Å²) < 4.78 is 41.5. The van der Waals surface area contributed by atoms with Gasteiger partial charge in [-0.15, -0.1) is 0 Å². The van der Waals surface area contributed by atoms with Gasteiger partial charge in [0.1, 0.15) is 0 Å². The number of benzene rings is 1. The molecule has 0 spiro atoms. The van der Waals surface area contributed by atoms with Crippen molar-refractivity contribution in [3.63, 3.8) is 0 Å². The molecule has 0 aliphatic rings. The fourth-order valence-electron chi connectivity index (χ4n) is 3.02. The number of nitrogens with zero attached hydrogens (tertiary/aromatic N) is 2. The van der Waals surface area contributed by atoms with E-state index in [0.717, 1.165) is 17.5 Å². The highest BCUT2D eigenvalue weighted by Crippen LogP contribution is 2.20. The topological polar surface area (TPSA) is 74.3 Å². The van der Waals surface area contributed by atoms with Crippen molar-refractivity contribution in [3.05, 3.63) is 59.4 Å². The second-order valence-corrected chi connectivity index (χ2v) is 6.87. The number of hydrogen-bond donors (Lipinski definition) is 3. The van der Waals surface area contributed by atoms with Gasteiger partial charge in [-0.05, 0) is 42.2 Å². The summed E-state index contributed by atoms with van der Waals surface area (Å²) >= 11 is 0. The number of guanidine groups is 1. The van der Waals surface area contributed by atoms with E-state index in [2.05, 4.69) is 55.5 Å². The molecule has 0 aliphatic carbocycles. The minimum Gasteiger partial charge on any atom is -0.468 e.